The van der Waals surface area contributed by atoms with Crippen LogP contribution in [0.25, 0.3) is 0 Å². The summed E-state index contributed by atoms with van der Waals surface area (Å²) in [6.45, 7) is 2.00. The first-order valence-corrected chi connectivity index (χ1v) is 5.53. The van der Waals surface area contributed by atoms with E-state index in [1.807, 2.05) is 0 Å². The Morgan fingerprint density at radius 2 is 2.16 bits per heavy atom. The van der Waals surface area contributed by atoms with Gasteiger partial charge in [0.15, 0.2) is 0 Å². The molecular weight excluding hydrogens is 248 g/mol. The van der Waals surface area contributed by atoms with Gasteiger partial charge in [0.1, 0.15) is 5.69 Å². The monoisotopic (exact) mass is 260 g/mol. The number of hydrogen-bond acceptors (Lipinski definition) is 5. The molecule has 2 N–H and O–H groups in total. The standard InChI is InChI=1S/C12H12N4O3/c1-8-4-12(17)15(7-14-8)6-9-2-3-11(16(18)19)10(13)5-9/h2-5,7H,6,13H2,1H3. The number of aromatic nitrogens is 2. The average Bonchev–Trinajstić information content (AvgIpc) is 2.32. The van der Waals surface area contributed by atoms with Crippen molar-refractivity contribution in [2.45, 2.75) is 13.5 Å². The van der Waals surface area contributed by atoms with Crippen molar-refractivity contribution in [3.8, 4) is 0 Å². The van der Waals surface area contributed by atoms with E-state index in [-0.39, 0.29) is 23.5 Å². The number of hydrogen-bond donors (Lipinski definition) is 1. The van der Waals surface area contributed by atoms with Crippen LogP contribution in [0.1, 0.15) is 11.3 Å². The molecule has 2 aromatic rings. The third-order valence-corrected chi connectivity index (χ3v) is 2.66. The van der Waals surface area contributed by atoms with E-state index in [2.05, 4.69) is 4.98 Å². The second kappa shape index (κ2) is 4.89. The van der Waals surface area contributed by atoms with Crippen LogP contribution in [-0.2, 0) is 6.54 Å². The van der Waals surface area contributed by atoms with Gasteiger partial charge in [-0.05, 0) is 18.6 Å². The van der Waals surface area contributed by atoms with Gasteiger partial charge in [0.2, 0.25) is 0 Å². The van der Waals surface area contributed by atoms with Crippen molar-refractivity contribution in [3.05, 3.63) is 62.3 Å². The lowest BCUT2D eigenvalue weighted by Gasteiger charge is -2.06. The highest BCUT2D eigenvalue weighted by Crippen LogP contribution is 2.22. The molecule has 0 unspecified atom stereocenters. The van der Waals surface area contributed by atoms with E-state index in [1.54, 1.807) is 13.0 Å². The lowest BCUT2D eigenvalue weighted by Crippen LogP contribution is -2.20. The molecule has 2 rings (SSSR count). The number of benzene rings is 1. The van der Waals surface area contributed by atoms with E-state index in [1.165, 1.54) is 29.1 Å². The van der Waals surface area contributed by atoms with Gasteiger partial charge < -0.3 is 5.73 Å². The van der Waals surface area contributed by atoms with Crippen molar-refractivity contribution < 1.29 is 4.92 Å². The average molecular weight is 260 g/mol. The highest BCUT2D eigenvalue weighted by Gasteiger charge is 2.11. The van der Waals surface area contributed by atoms with Crippen LogP contribution in [0.2, 0.25) is 0 Å². The largest absolute Gasteiger partial charge is 0.393 e. The molecule has 0 amide bonds. The van der Waals surface area contributed by atoms with Gasteiger partial charge in [-0.3, -0.25) is 19.5 Å². The van der Waals surface area contributed by atoms with E-state index in [0.717, 1.165) is 0 Å². The SMILES string of the molecule is Cc1cc(=O)n(Cc2ccc([N+](=O)[O-])c(N)c2)cn1. The second-order valence-electron chi connectivity index (χ2n) is 4.15. The zero-order chi connectivity index (χ0) is 14.0. The minimum atomic E-state index is -0.543. The van der Waals surface area contributed by atoms with Gasteiger partial charge in [0, 0.05) is 17.8 Å². The Bertz CT molecular complexity index is 694. The number of nitrogens with zero attached hydrogens (tertiary/aromatic N) is 3. The summed E-state index contributed by atoms with van der Waals surface area (Å²) in [4.78, 5) is 25.8. The molecular formula is C12H12N4O3. The quantitative estimate of drug-likeness (QED) is 0.505. The zero-order valence-electron chi connectivity index (χ0n) is 10.2. The van der Waals surface area contributed by atoms with E-state index >= 15 is 0 Å². The molecule has 0 fully saturated rings. The van der Waals surface area contributed by atoms with Crippen LogP contribution in [0.3, 0.4) is 0 Å². The molecule has 0 spiro atoms. The molecule has 0 atom stereocenters. The summed E-state index contributed by atoms with van der Waals surface area (Å²) in [5, 5.41) is 10.6. The van der Waals surface area contributed by atoms with Crippen LogP contribution >= 0.6 is 0 Å². The molecule has 0 bridgehead atoms. The van der Waals surface area contributed by atoms with Crippen LogP contribution in [0, 0.1) is 17.0 Å². The van der Waals surface area contributed by atoms with Crippen molar-refractivity contribution in [2.75, 3.05) is 5.73 Å². The zero-order valence-corrected chi connectivity index (χ0v) is 10.2. The molecule has 1 aromatic carbocycles. The summed E-state index contributed by atoms with van der Waals surface area (Å²) < 4.78 is 1.41. The number of rotatable bonds is 3. The molecule has 1 heterocycles. The first kappa shape index (κ1) is 12.7. The minimum absolute atomic E-state index is 0.0793. The lowest BCUT2D eigenvalue weighted by molar-refractivity contribution is -0.383. The Hall–Kier alpha value is -2.70. The van der Waals surface area contributed by atoms with Gasteiger partial charge in [-0.1, -0.05) is 6.07 Å². The number of anilines is 1. The predicted molar refractivity (Wildman–Crippen MR) is 69.8 cm³/mol. The fraction of sp³-hybridized carbons (Fsp3) is 0.167. The van der Waals surface area contributed by atoms with Crippen molar-refractivity contribution in [2.24, 2.45) is 0 Å². The van der Waals surface area contributed by atoms with Crippen LogP contribution in [-0.4, -0.2) is 14.5 Å². The number of nitrogens with two attached hydrogens (primary N) is 1. The van der Waals surface area contributed by atoms with Gasteiger partial charge >= 0.3 is 0 Å². The molecule has 0 aliphatic rings. The molecule has 19 heavy (non-hydrogen) atoms. The molecule has 0 aliphatic heterocycles. The van der Waals surface area contributed by atoms with Crippen LogP contribution in [0.15, 0.2) is 35.4 Å². The molecule has 0 aliphatic carbocycles. The fourth-order valence-corrected chi connectivity index (χ4v) is 1.70. The lowest BCUT2D eigenvalue weighted by atomic mass is 10.1. The summed E-state index contributed by atoms with van der Waals surface area (Å²) in [7, 11) is 0. The molecule has 1 aromatic heterocycles. The Morgan fingerprint density at radius 1 is 1.42 bits per heavy atom. The van der Waals surface area contributed by atoms with E-state index in [0.29, 0.717) is 11.3 Å². The molecule has 98 valence electrons. The van der Waals surface area contributed by atoms with Crippen molar-refractivity contribution in [1.82, 2.24) is 9.55 Å². The minimum Gasteiger partial charge on any atom is -0.393 e. The normalized spacial score (nSPS) is 10.4. The highest BCUT2D eigenvalue weighted by molar-refractivity contribution is 5.59. The third-order valence-electron chi connectivity index (χ3n) is 2.66. The van der Waals surface area contributed by atoms with E-state index in [4.69, 9.17) is 5.73 Å². The number of nitrogen functional groups attached to an aromatic ring is 1. The highest BCUT2D eigenvalue weighted by atomic mass is 16.6. The van der Waals surface area contributed by atoms with Gasteiger partial charge in [0.05, 0.1) is 17.8 Å². The number of nitro benzene ring substituents is 1. The van der Waals surface area contributed by atoms with Gasteiger partial charge in [-0.25, -0.2) is 4.98 Å². The van der Waals surface area contributed by atoms with Gasteiger partial charge in [-0.15, -0.1) is 0 Å². The number of nitro groups is 1. The van der Waals surface area contributed by atoms with Gasteiger partial charge in [0.25, 0.3) is 11.2 Å². The summed E-state index contributed by atoms with van der Waals surface area (Å²) in [5.41, 5.74) is 6.70. The van der Waals surface area contributed by atoms with Gasteiger partial charge in [-0.2, -0.15) is 0 Å². The molecule has 7 nitrogen and oxygen atoms in total. The van der Waals surface area contributed by atoms with Crippen molar-refractivity contribution in [1.29, 1.82) is 0 Å². The summed E-state index contributed by atoms with van der Waals surface area (Å²) in [5.74, 6) is 0. The first-order chi connectivity index (χ1) is 8.97. The first-order valence-electron chi connectivity index (χ1n) is 5.53. The second-order valence-corrected chi connectivity index (χ2v) is 4.15. The smallest absolute Gasteiger partial charge is 0.292 e. The molecule has 7 heteroatoms. The van der Waals surface area contributed by atoms with Crippen molar-refractivity contribution >= 4 is 11.4 Å². The van der Waals surface area contributed by atoms with E-state index in [9.17, 15) is 14.9 Å². The maximum absolute atomic E-state index is 11.7. The number of aryl methyl sites for hydroxylation is 1. The third kappa shape index (κ3) is 2.76. The fourth-order valence-electron chi connectivity index (χ4n) is 1.70. The summed E-state index contributed by atoms with van der Waals surface area (Å²) >= 11 is 0. The van der Waals surface area contributed by atoms with Crippen molar-refractivity contribution in [3.63, 3.8) is 0 Å². The topological polar surface area (TPSA) is 104 Å². The molecule has 0 saturated carbocycles. The Balaban J connectivity index is 2.31. The summed E-state index contributed by atoms with van der Waals surface area (Å²) in [6.07, 6.45) is 1.44. The maximum Gasteiger partial charge on any atom is 0.292 e. The Morgan fingerprint density at radius 3 is 2.74 bits per heavy atom. The maximum atomic E-state index is 11.7. The van der Waals surface area contributed by atoms with Crippen LogP contribution in [0.4, 0.5) is 11.4 Å². The van der Waals surface area contributed by atoms with E-state index < -0.39 is 4.92 Å². The molecule has 0 saturated heterocycles. The Kier molecular flexibility index (Phi) is 3.28. The van der Waals surface area contributed by atoms with Crippen LogP contribution < -0.4 is 11.3 Å². The van der Waals surface area contributed by atoms with Crippen LogP contribution in [0.5, 0.6) is 0 Å². The molecule has 0 radical (unpaired) electrons. The summed E-state index contributed by atoms with van der Waals surface area (Å²) in [6, 6.07) is 5.82. The predicted octanol–water partition coefficient (Wildman–Crippen LogP) is 1.09. The Labute approximate surface area is 108 Å².